The van der Waals surface area contributed by atoms with E-state index < -0.39 is 10.0 Å². The molecule has 0 aromatic carbocycles. The molecule has 0 aliphatic heterocycles. The molecule has 1 saturated carbocycles. The highest BCUT2D eigenvalue weighted by Crippen LogP contribution is 2.32. The molecule has 2 N–H and O–H groups in total. The maximum absolute atomic E-state index is 12.4. The number of hydrogen-bond acceptors (Lipinski definition) is 5. The first-order chi connectivity index (χ1) is 9.73. The molecule has 1 fully saturated rings. The standard InChI is InChI=1S/C13H21BrN2O2S3/c1-13(2,19-3)8-16-21(17,18)11-6-10(20-12(11)14)7-15-9-4-5-9/h6,9,15-16H,4-5,7-8H2,1-3H3. The lowest BCUT2D eigenvalue weighted by molar-refractivity contribution is 0.570. The van der Waals surface area contributed by atoms with Crippen LogP contribution in [0.2, 0.25) is 0 Å². The third-order valence-electron chi connectivity index (χ3n) is 3.38. The summed E-state index contributed by atoms with van der Waals surface area (Å²) in [6.07, 6.45) is 4.43. The van der Waals surface area contributed by atoms with E-state index in [0.717, 1.165) is 11.4 Å². The van der Waals surface area contributed by atoms with Gasteiger partial charge >= 0.3 is 0 Å². The smallest absolute Gasteiger partial charge is 0.242 e. The summed E-state index contributed by atoms with van der Waals surface area (Å²) in [5.74, 6) is 0. The molecular weight excluding hydrogens is 392 g/mol. The highest BCUT2D eigenvalue weighted by Gasteiger charge is 2.25. The van der Waals surface area contributed by atoms with Crippen molar-refractivity contribution in [3.8, 4) is 0 Å². The number of nitrogens with one attached hydrogen (secondary N) is 2. The summed E-state index contributed by atoms with van der Waals surface area (Å²) in [7, 11) is -3.46. The highest BCUT2D eigenvalue weighted by atomic mass is 79.9. The Kier molecular flexibility index (Phi) is 5.82. The van der Waals surface area contributed by atoms with Gasteiger partial charge in [-0.25, -0.2) is 13.1 Å². The fourth-order valence-corrected chi connectivity index (χ4v) is 5.77. The van der Waals surface area contributed by atoms with Crippen molar-refractivity contribution in [2.24, 2.45) is 0 Å². The number of hydrogen-bond donors (Lipinski definition) is 2. The molecule has 1 aromatic heterocycles. The summed E-state index contributed by atoms with van der Waals surface area (Å²) in [6.45, 7) is 5.19. The molecule has 0 unspecified atom stereocenters. The third-order valence-corrected chi connectivity index (χ3v) is 8.28. The Bertz CT molecular complexity index is 595. The average Bonchev–Trinajstić information content (AvgIpc) is 3.17. The normalized spacial score (nSPS) is 16.4. The van der Waals surface area contributed by atoms with E-state index in [1.165, 1.54) is 24.2 Å². The molecule has 1 heterocycles. The second-order valence-corrected chi connectivity index (χ2v) is 11.5. The molecule has 1 aliphatic carbocycles. The van der Waals surface area contributed by atoms with Gasteiger partial charge in [-0.3, -0.25) is 0 Å². The number of rotatable bonds is 8. The van der Waals surface area contributed by atoms with Crippen molar-refractivity contribution in [3.63, 3.8) is 0 Å². The van der Waals surface area contributed by atoms with Crippen LogP contribution in [0.3, 0.4) is 0 Å². The van der Waals surface area contributed by atoms with Gasteiger partial charge in [0.1, 0.15) is 4.90 Å². The number of halogens is 1. The van der Waals surface area contributed by atoms with Gasteiger partial charge in [0.05, 0.1) is 3.79 Å². The van der Waals surface area contributed by atoms with Gasteiger partial charge in [-0.15, -0.1) is 11.3 Å². The maximum Gasteiger partial charge on any atom is 0.242 e. The topological polar surface area (TPSA) is 58.2 Å². The maximum atomic E-state index is 12.4. The zero-order chi connectivity index (χ0) is 15.7. The van der Waals surface area contributed by atoms with E-state index in [0.29, 0.717) is 21.3 Å². The summed E-state index contributed by atoms with van der Waals surface area (Å²) >= 11 is 6.50. The van der Waals surface area contributed by atoms with E-state index in [-0.39, 0.29) is 4.75 Å². The minimum Gasteiger partial charge on any atom is -0.309 e. The van der Waals surface area contributed by atoms with Crippen LogP contribution in [0.5, 0.6) is 0 Å². The number of thioether (sulfide) groups is 1. The van der Waals surface area contributed by atoms with Crippen molar-refractivity contribution >= 4 is 49.1 Å². The lowest BCUT2D eigenvalue weighted by Crippen LogP contribution is -2.36. The molecule has 4 nitrogen and oxygen atoms in total. The van der Waals surface area contributed by atoms with E-state index in [4.69, 9.17) is 0 Å². The van der Waals surface area contributed by atoms with Gasteiger partial charge in [0.15, 0.2) is 0 Å². The van der Waals surface area contributed by atoms with E-state index >= 15 is 0 Å². The van der Waals surface area contributed by atoms with Crippen molar-refractivity contribution in [2.75, 3.05) is 12.8 Å². The van der Waals surface area contributed by atoms with Crippen LogP contribution in [0.25, 0.3) is 0 Å². The predicted molar refractivity (Wildman–Crippen MR) is 94.7 cm³/mol. The fraction of sp³-hybridized carbons (Fsp3) is 0.692. The fourth-order valence-electron chi connectivity index (χ4n) is 1.62. The van der Waals surface area contributed by atoms with Crippen molar-refractivity contribution in [1.29, 1.82) is 0 Å². The van der Waals surface area contributed by atoms with Crippen LogP contribution in [0.1, 0.15) is 31.6 Å². The molecule has 21 heavy (non-hydrogen) atoms. The molecule has 0 atom stereocenters. The largest absolute Gasteiger partial charge is 0.309 e. The van der Waals surface area contributed by atoms with E-state index in [9.17, 15) is 8.42 Å². The van der Waals surface area contributed by atoms with Gasteiger partial charge in [-0.05, 0) is 54.9 Å². The Balaban J connectivity index is 2.04. The second-order valence-electron chi connectivity index (χ2n) is 5.79. The highest BCUT2D eigenvalue weighted by molar-refractivity contribution is 9.11. The van der Waals surface area contributed by atoms with Gasteiger partial charge in [-0.1, -0.05) is 0 Å². The van der Waals surface area contributed by atoms with E-state index in [1.807, 2.05) is 20.1 Å². The predicted octanol–water partition coefficient (Wildman–Crippen LogP) is 3.18. The second kappa shape index (κ2) is 6.88. The lowest BCUT2D eigenvalue weighted by atomic mass is 10.2. The lowest BCUT2D eigenvalue weighted by Gasteiger charge is -2.22. The van der Waals surface area contributed by atoms with Crippen LogP contribution in [0, 0.1) is 0 Å². The molecule has 8 heteroatoms. The summed E-state index contributed by atoms with van der Waals surface area (Å²) in [5, 5.41) is 3.40. The molecule has 2 rings (SSSR count). The van der Waals surface area contributed by atoms with Crippen LogP contribution < -0.4 is 10.0 Å². The Labute approximate surface area is 143 Å². The third kappa shape index (κ3) is 5.21. The first kappa shape index (κ1) is 17.7. The zero-order valence-corrected chi connectivity index (χ0v) is 16.4. The molecule has 0 amide bonds. The molecule has 0 bridgehead atoms. The minimum atomic E-state index is -3.46. The average molecular weight is 413 g/mol. The van der Waals surface area contributed by atoms with Gasteiger partial charge in [0.2, 0.25) is 10.0 Å². The van der Waals surface area contributed by atoms with Crippen LogP contribution in [-0.4, -0.2) is 32.0 Å². The molecule has 0 saturated heterocycles. The summed E-state index contributed by atoms with van der Waals surface area (Å²) < 4.78 is 28.1. The number of sulfonamides is 1. The van der Waals surface area contributed by atoms with E-state index in [1.54, 1.807) is 17.8 Å². The first-order valence-electron chi connectivity index (χ1n) is 6.80. The Morgan fingerprint density at radius 2 is 2.14 bits per heavy atom. The van der Waals surface area contributed by atoms with Crippen molar-refractivity contribution < 1.29 is 8.42 Å². The molecule has 120 valence electrons. The first-order valence-corrected chi connectivity index (χ1v) is 11.1. The summed E-state index contributed by atoms with van der Waals surface area (Å²) in [4.78, 5) is 1.38. The zero-order valence-electron chi connectivity index (χ0n) is 12.4. The minimum absolute atomic E-state index is 0.119. The molecule has 1 aromatic rings. The van der Waals surface area contributed by atoms with Crippen molar-refractivity contribution in [2.45, 2.75) is 48.9 Å². The van der Waals surface area contributed by atoms with Crippen LogP contribution in [0.15, 0.2) is 14.7 Å². The summed E-state index contributed by atoms with van der Waals surface area (Å²) in [5.41, 5.74) is 0. The Morgan fingerprint density at radius 3 is 2.71 bits per heavy atom. The monoisotopic (exact) mass is 412 g/mol. The summed E-state index contributed by atoms with van der Waals surface area (Å²) in [6, 6.07) is 2.38. The van der Waals surface area contributed by atoms with Crippen molar-refractivity contribution in [3.05, 3.63) is 14.7 Å². The van der Waals surface area contributed by atoms with Gasteiger partial charge in [0.25, 0.3) is 0 Å². The molecule has 0 spiro atoms. The molecule has 1 aliphatic rings. The quantitative estimate of drug-likeness (QED) is 0.687. The van der Waals surface area contributed by atoms with Gasteiger partial charge < -0.3 is 5.32 Å². The van der Waals surface area contributed by atoms with Gasteiger partial charge in [0, 0.05) is 28.8 Å². The van der Waals surface area contributed by atoms with E-state index in [2.05, 4.69) is 26.0 Å². The van der Waals surface area contributed by atoms with Crippen molar-refractivity contribution in [1.82, 2.24) is 10.0 Å². The van der Waals surface area contributed by atoms with Gasteiger partial charge in [-0.2, -0.15) is 11.8 Å². The van der Waals surface area contributed by atoms with Crippen LogP contribution >= 0.6 is 39.0 Å². The Hall–Kier alpha value is 0.400. The SMILES string of the molecule is CSC(C)(C)CNS(=O)(=O)c1cc(CNC2CC2)sc1Br. The number of thiophene rings is 1. The molecular formula is C13H21BrN2O2S3. The Morgan fingerprint density at radius 1 is 1.48 bits per heavy atom. The molecule has 0 radical (unpaired) electrons. The van der Waals surface area contributed by atoms with Crippen LogP contribution in [-0.2, 0) is 16.6 Å². The van der Waals surface area contributed by atoms with Crippen LogP contribution in [0.4, 0.5) is 0 Å².